The van der Waals surface area contributed by atoms with Crippen molar-refractivity contribution in [3.63, 3.8) is 0 Å². The maximum absolute atomic E-state index is 12.4. The highest BCUT2D eigenvalue weighted by Crippen LogP contribution is 2.28. The van der Waals surface area contributed by atoms with E-state index in [9.17, 15) is 10.1 Å². The van der Waals surface area contributed by atoms with E-state index < -0.39 is 5.92 Å². The second kappa shape index (κ2) is 6.41. The normalized spacial score (nSPS) is 11.7. The van der Waals surface area contributed by atoms with Crippen LogP contribution in [0.1, 0.15) is 21.8 Å². The molecule has 0 saturated carbocycles. The Labute approximate surface area is 135 Å². The zero-order valence-electron chi connectivity index (χ0n) is 10.1. The first-order chi connectivity index (χ1) is 9.52. The fraction of sp³-hybridized carbons (Fsp3) is 0.0667. The molecule has 0 N–H and O–H groups in total. The number of halogens is 3. The van der Waals surface area contributed by atoms with Crippen LogP contribution in [0.3, 0.4) is 0 Å². The Morgan fingerprint density at radius 3 is 2.50 bits per heavy atom. The Morgan fingerprint density at radius 1 is 1.15 bits per heavy atom. The lowest BCUT2D eigenvalue weighted by Crippen LogP contribution is -2.11. The minimum absolute atomic E-state index is 0.271. The molecule has 0 fully saturated rings. The highest BCUT2D eigenvalue weighted by atomic mass is 79.9. The van der Waals surface area contributed by atoms with Gasteiger partial charge in [0.25, 0.3) is 0 Å². The molecule has 5 heteroatoms. The third kappa shape index (κ3) is 3.21. The van der Waals surface area contributed by atoms with Crippen LogP contribution >= 0.6 is 39.1 Å². The summed E-state index contributed by atoms with van der Waals surface area (Å²) in [5.41, 5.74) is 1.00. The van der Waals surface area contributed by atoms with Gasteiger partial charge in [0.15, 0.2) is 5.78 Å². The van der Waals surface area contributed by atoms with Gasteiger partial charge >= 0.3 is 0 Å². The predicted molar refractivity (Wildman–Crippen MR) is 83.3 cm³/mol. The summed E-state index contributed by atoms with van der Waals surface area (Å²) in [6.45, 7) is 0. The molecular formula is C15H8BrCl2NO. The molecule has 2 aromatic rings. The first-order valence-corrected chi connectivity index (χ1v) is 7.22. The van der Waals surface area contributed by atoms with E-state index in [1.165, 1.54) is 0 Å². The van der Waals surface area contributed by atoms with Crippen molar-refractivity contribution in [1.82, 2.24) is 0 Å². The number of carbonyl (C=O) groups excluding carboxylic acids is 1. The second-order valence-electron chi connectivity index (χ2n) is 4.11. The van der Waals surface area contributed by atoms with Crippen molar-refractivity contribution < 1.29 is 4.79 Å². The third-order valence-electron chi connectivity index (χ3n) is 2.78. The lowest BCUT2D eigenvalue weighted by atomic mass is 9.92. The number of ketones is 1. The van der Waals surface area contributed by atoms with Gasteiger partial charge < -0.3 is 0 Å². The van der Waals surface area contributed by atoms with Crippen molar-refractivity contribution in [3.8, 4) is 6.07 Å². The van der Waals surface area contributed by atoms with E-state index in [0.29, 0.717) is 21.2 Å². The van der Waals surface area contributed by atoms with Gasteiger partial charge in [0.1, 0.15) is 5.92 Å². The molecule has 0 bridgehead atoms. The molecule has 0 amide bonds. The van der Waals surface area contributed by atoms with E-state index in [0.717, 1.165) is 4.47 Å². The molecular weight excluding hydrogens is 361 g/mol. The molecule has 0 radical (unpaired) electrons. The molecule has 100 valence electrons. The lowest BCUT2D eigenvalue weighted by molar-refractivity contribution is 0.0979. The van der Waals surface area contributed by atoms with E-state index >= 15 is 0 Å². The summed E-state index contributed by atoms with van der Waals surface area (Å²) >= 11 is 15.1. The molecule has 1 unspecified atom stereocenters. The first-order valence-electron chi connectivity index (χ1n) is 5.67. The zero-order chi connectivity index (χ0) is 14.7. The maximum atomic E-state index is 12.4. The molecule has 0 aliphatic rings. The van der Waals surface area contributed by atoms with Crippen LogP contribution in [0.5, 0.6) is 0 Å². The summed E-state index contributed by atoms with van der Waals surface area (Å²) in [5.74, 6) is -1.17. The quantitative estimate of drug-likeness (QED) is 0.694. The van der Waals surface area contributed by atoms with Gasteiger partial charge in [-0.15, -0.1) is 0 Å². The summed E-state index contributed by atoms with van der Waals surface area (Å²) < 4.78 is 0.786. The number of rotatable bonds is 3. The summed E-state index contributed by atoms with van der Waals surface area (Å²) in [7, 11) is 0. The van der Waals surface area contributed by atoms with Gasteiger partial charge in [0, 0.05) is 10.0 Å². The Kier molecular flexibility index (Phi) is 4.82. The average molecular weight is 369 g/mol. The van der Waals surface area contributed by atoms with Gasteiger partial charge in [-0.1, -0.05) is 57.3 Å². The van der Waals surface area contributed by atoms with Gasteiger partial charge in [0.2, 0.25) is 0 Å². The minimum atomic E-state index is -0.904. The Morgan fingerprint density at radius 2 is 1.90 bits per heavy atom. The van der Waals surface area contributed by atoms with Crippen LogP contribution < -0.4 is 0 Å². The molecule has 2 rings (SSSR count). The van der Waals surface area contributed by atoms with Crippen LogP contribution in [0.15, 0.2) is 46.9 Å². The molecule has 1 atom stereocenters. The van der Waals surface area contributed by atoms with Crippen LogP contribution in [-0.4, -0.2) is 5.78 Å². The Balaban J connectivity index is 2.40. The maximum Gasteiger partial charge on any atom is 0.184 e. The third-order valence-corrected chi connectivity index (χ3v) is 4.01. The number of Topliss-reactive ketones (excluding diaryl/α,β-unsaturated/α-hetero) is 1. The fourth-order valence-corrected chi connectivity index (χ4v) is 2.49. The van der Waals surface area contributed by atoms with Gasteiger partial charge in [-0.05, 0) is 29.8 Å². The van der Waals surface area contributed by atoms with E-state index in [2.05, 4.69) is 15.9 Å². The van der Waals surface area contributed by atoms with Gasteiger partial charge in [-0.3, -0.25) is 4.79 Å². The molecule has 0 spiro atoms. The Bertz CT molecular complexity index is 709. The monoisotopic (exact) mass is 367 g/mol. The molecule has 20 heavy (non-hydrogen) atoms. The molecule has 2 aromatic carbocycles. The van der Waals surface area contributed by atoms with Gasteiger partial charge in [0.05, 0.1) is 16.1 Å². The number of nitrogens with zero attached hydrogens (tertiary/aromatic N) is 1. The van der Waals surface area contributed by atoms with E-state index in [1.54, 1.807) is 36.4 Å². The van der Waals surface area contributed by atoms with Crippen molar-refractivity contribution >= 4 is 44.9 Å². The van der Waals surface area contributed by atoms with Crippen LogP contribution in [0.2, 0.25) is 10.0 Å². The summed E-state index contributed by atoms with van der Waals surface area (Å²) in [6, 6.07) is 13.7. The smallest absolute Gasteiger partial charge is 0.184 e. The molecule has 0 aliphatic heterocycles. The van der Waals surface area contributed by atoms with E-state index in [1.807, 2.05) is 12.1 Å². The summed E-state index contributed by atoms with van der Waals surface area (Å²) in [5, 5.41) is 10.00. The number of nitriles is 1. The Hall–Kier alpha value is -1.34. The number of hydrogen-bond donors (Lipinski definition) is 0. The number of benzene rings is 2. The molecule has 0 aliphatic carbocycles. The SMILES string of the molecule is N#CC(C(=O)c1cccc(Br)c1)c1ccc(Cl)c(Cl)c1. The van der Waals surface area contributed by atoms with Crippen LogP contribution in [0.4, 0.5) is 0 Å². The highest BCUT2D eigenvalue weighted by molar-refractivity contribution is 9.10. The van der Waals surface area contributed by atoms with Gasteiger partial charge in [-0.25, -0.2) is 0 Å². The highest BCUT2D eigenvalue weighted by Gasteiger charge is 2.22. The first kappa shape index (κ1) is 15.1. The van der Waals surface area contributed by atoms with Crippen LogP contribution in [0.25, 0.3) is 0 Å². The van der Waals surface area contributed by atoms with Crippen LogP contribution in [-0.2, 0) is 0 Å². The predicted octanol–water partition coefficient (Wildman–Crippen LogP) is 5.25. The molecule has 2 nitrogen and oxygen atoms in total. The standard InChI is InChI=1S/C15H8BrCl2NO/c16-11-3-1-2-10(6-11)15(20)12(8-19)9-4-5-13(17)14(18)7-9/h1-7,12H. The van der Waals surface area contributed by atoms with E-state index in [4.69, 9.17) is 23.2 Å². The lowest BCUT2D eigenvalue weighted by Gasteiger charge is -2.10. The molecule has 0 heterocycles. The topological polar surface area (TPSA) is 40.9 Å². The fourth-order valence-electron chi connectivity index (χ4n) is 1.78. The summed E-state index contributed by atoms with van der Waals surface area (Å²) in [4.78, 5) is 12.4. The van der Waals surface area contributed by atoms with Gasteiger partial charge in [-0.2, -0.15) is 5.26 Å². The van der Waals surface area contributed by atoms with Crippen molar-refractivity contribution in [2.75, 3.05) is 0 Å². The molecule has 0 saturated heterocycles. The van der Waals surface area contributed by atoms with Crippen molar-refractivity contribution in [2.45, 2.75) is 5.92 Å². The largest absolute Gasteiger partial charge is 0.292 e. The van der Waals surface area contributed by atoms with E-state index in [-0.39, 0.29) is 5.78 Å². The molecule has 0 aromatic heterocycles. The second-order valence-corrected chi connectivity index (χ2v) is 5.84. The van der Waals surface area contributed by atoms with Crippen molar-refractivity contribution in [3.05, 3.63) is 68.1 Å². The minimum Gasteiger partial charge on any atom is -0.292 e. The van der Waals surface area contributed by atoms with Crippen molar-refractivity contribution in [2.24, 2.45) is 0 Å². The average Bonchev–Trinajstić information content (AvgIpc) is 2.43. The number of carbonyl (C=O) groups is 1. The summed E-state index contributed by atoms with van der Waals surface area (Å²) in [6.07, 6.45) is 0. The zero-order valence-corrected chi connectivity index (χ0v) is 13.2. The number of hydrogen-bond acceptors (Lipinski definition) is 2. The van der Waals surface area contributed by atoms with Crippen molar-refractivity contribution in [1.29, 1.82) is 5.26 Å². The van der Waals surface area contributed by atoms with Crippen LogP contribution in [0, 0.1) is 11.3 Å².